The topological polar surface area (TPSA) is 106 Å². The van der Waals surface area contributed by atoms with Crippen molar-refractivity contribution in [3.05, 3.63) is 23.8 Å². The van der Waals surface area contributed by atoms with Crippen LogP contribution in [0.5, 0.6) is 5.75 Å². The molecule has 1 aromatic carbocycles. The molecule has 0 aliphatic carbocycles. The average molecular weight is 345 g/mol. The highest BCUT2D eigenvalue weighted by atomic mass is 16.3. The lowest BCUT2D eigenvalue weighted by molar-refractivity contribution is -0.127. The van der Waals surface area contributed by atoms with Gasteiger partial charge in [0.25, 0.3) is 0 Å². The van der Waals surface area contributed by atoms with E-state index >= 15 is 0 Å². The van der Waals surface area contributed by atoms with Crippen LogP contribution in [0, 0.1) is 5.92 Å². The van der Waals surface area contributed by atoms with Crippen molar-refractivity contribution in [2.24, 2.45) is 16.1 Å². The van der Waals surface area contributed by atoms with E-state index in [0.717, 1.165) is 18.8 Å². The smallest absolute Gasteiger partial charge is 0.249 e. The Morgan fingerprint density at radius 2 is 2.16 bits per heavy atom. The van der Waals surface area contributed by atoms with Crippen LogP contribution in [0.1, 0.15) is 32.8 Å². The SMILES string of the molecule is CCN(CC)c1ccc(/C=N\NC(=O)CC2C(=O)NN=C2C)c(O)c1. The van der Waals surface area contributed by atoms with E-state index in [1.54, 1.807) is 19.1 Å². The van der Waals surface area contributed by atoms with Crippen molar-refractivity contribution >= 4 is 29.4 Å². The summed E-state index contributed by atoms with van der Waals surface area (Å²) in [5.74, 6) is -1.16. The number of nitrogens with zero attached hydrogens (tertiary/aromatic N) is 3. The number of aromatic hydroxyl groups is 1. The molecule has 0 spiro atoms. The third-order valence-corrected chi connectivity index (χ3v) is 4.09. The van der Waals surface area contributed by atoms with E-state index in [2.05, 4.69) is 26.0 Å². The molecule has 0 aromatic heterocycles. The number of phenolic OH excluding ortho intramolecular Hbond substituents is 1. The minimum atomic E-state index is -0.558. The second-order valence-electron chi connectivity index (χ2n) is 5.69. The Balaban J connectivity index is 1.94. The highest BCUT2D eigenvalue weighted by molar-refractivity contribution is 6.09. The Kier molecular flexibility index (Phi) is 6.10. The lowest BCUT2D eigenvalue weighted by Crippen LogP contribution is -2.29. The molecule has 0 radical (unpaired) electrons. The molecule has 1 aliphatic heterocycles. The lowest BCUT2D eigenvalue weighted by Gasteiger charge is -2.21. The summed E-state index contributed by atoms with van der Waals surface area (Å²) in [6.07, 6.45) is 1.35. The number of carbonyl (C=O) groups is 2. The molecule has 3 N–H and O–H groups in total. The van der Waals surface area contributed by atoms with Gasteiger partial charge in [0.05, 0.1) is 12.1 Å². The van der Waals surface area contributed by atoms with Crippen molar-refractivity contribution in [1.82, 2.24) is 10.9 Å². The van der Waals surface area contributed by atoms with E-state index in [9.17, 15) is 14.7 Å². The number of nitrogens with one attached hydrogen (secondary N) is 2. The standard InChI is InChI=1S/C17H23N5O3/c1-4-22(5-2)13-7-6-12(15(23)8-13)10-18-20-16(24)9-14-11(3)19-21-17(14)25/h6-8,10,14,23H,4-5,9H2,1-3H3,(H,20,24)(H,21,25)/b18-10-. The summed E-state index contributed by atoms with van der Waals surface area (Å²) in [7, 11) is 0. The fourth-order valence-electron chi connectivity index (χ4n) is 2.56. The van der Waals surface area contributed by atoms with E-state index in [1.165, 1.54) is 6.21 Å². The third kappa shape index (κ3) is 4.56. The van der Waals surface area contributed by atoms with Gasteiger partial charge in [0.2, 0.25) is 11.8 Å². The van der Waals surface area contributed by atoms with E-state index in [4.69, 9.17) is 0 Å². The molecule has 1 aliphatic rings. The van der Waals surface area contributed by atoms with Crippen molar-refractivity contribution in [2.45, 2.75) is 27.2 Å². The summed E-state index contributed by atoms with van der Waals surface area (Å²) < 4.78 is 0. The van der Waals surface area contributed by atoms with Gasteiger partial charge >= 0.3 is 0 Å². The lowest BCUT2D eigenvalue weighted by atomic mass is 10.0. The highest BCUT2D eigenvalue weighted by Gasteiger charge is 2.28. The van der Waals surface area contributed by atoms with Gasteiger partial charge in [-0.05, 0) is 32.9 Å². The molecule has 1 aromatic rings. The van der Waals surface area contributed by atoms with Crippen LogP contribution in [0.15, 0.2) is 28.4 Å². The van der Waals surface area contributed by atoms with E-state index in [-0.39, 0.29) is 18.1 Å². The van der Waals surface area contributed by atoms with Gasteiger partial charge in [0.1, 0.15) is 5.75 Å². The molecule has 134 valence electrons. The average Bonchev–Trinajstić information content (AvgIpc) is 2.90. The molecule has 8 heteroatoms. The number of carbonyl (C=O) groups excluding carboxylic acids is 2. The zero-order chi connectivity index (χ0) is 18.4. The second kappa shape index (κ2) is 8.27. The van der Waals surface area contributed by atoms with Crippen molar-refractivity contribution < 1.29 is 14.7 Å². The number of hydrogen-bond donors (Lipinski definition) is 3. The first-order chi connectivity index (χ1) is 12.0. The third-order valence-electron chi connectivity index (χ3n) is 4.09. The molecule has 0 fully saturated rings. The number of hydrazone groups is 2. The summed E-state index contributed by atoms with van der Waals surface area (Å²) in [6.45, 7) is 7.47. The van der Waals surface area contributed by atoms with Crippen LogP contribution >= 0.6 is 0 Å². The van der Waals surface area contributed by atoms with Crippen molar-refractivity contribution in [3.8, 4) is 5.75 Å². The Morgan fingerprint density at radius 1 is 1.44 bits per heavy atom. The maximum Gasteiger partial charge on any atom is 0.249 e. The molecule has 8 nitrogen and oxygen atoms in total. The Labute approximate surface area is 146 Å². The minimum absolute atomic E-state index is 0.0224. The molecule has 0 saturated heterocycles. The van der Waals surface area contributed by atoms with Gasteiger partial charge < -0.3 is 10.0 Å². The number of hydrogen-bond acceptors (Lipinski definition) is 6. The first kappa shape index (κ1) is 18.4. The molecule has 1 atom stereocenters. The molecular weight excluding hydrogens is 322 g/mol. The fraction of sp³-hybridized carbons (Fsp3) is 0.412. The van der Waals surface area contributed by atoms with E-state index in [1.807, 2.05) is 19.9 Å². The molecule has 1 unspecified atom stereocenters. The molecule has 0 bridgehead atoms. The van der Waals surface area contributed by atoms with Gasteiger partial charge in [-0.25, -0.2) is 10.9 Å². The summed E-state index contributed by atoms with van der Waals surface area (Å²) in [5.41, 5.74) is 6.68. The van der Waals surface area contributed by atoms with Crippen molar-refractivity contribution in [2.75, 3.05) is 18.0 Å². The maximum absolute atomic E-state index is 11.9. The number of benzene rings is 1. The molecular formula is C17H23N5O3. The zero-order valence-electron chi connectivity index (χ0n) is 14.6. The van der Waals surface area contributed by atoms with Crippen LogP contribution in [0.2, 0.25) is 0 Å². The summed E-state index contributed by atoms with van der Waals surface area (Å²) >= 11 is 0. The normalized spacial score (nSPS) is 16.7. The molecule has 2 rings (SSSR count). The van der Waals surface area contributed by atoms with Gasteiger partial charge in [0.15, 0.2) is 0 Å². The quantitative estimate of drug-likeness (QED) is 0.510. The second-order valence-corrected chi connectivity index (χ2v) is 5.69. The first-order valence-corrected chi connectivity index (χ1v) is 8.20. The predicted octanol–water partition coefficient (Wildman–Crippen LogP) is 1.20. The number of rotatable bonds is 7. The van der Waals surface area contributed by atoms with Gasteiger partial charge in [-0.2, -0.15) is 10.2 Å². The monoisotopic (exact) mass is 345 g/mol. The Hall–Kier alpha value is -2.90. The van der Waals surface area contributed by atoms with Crippen LogP contribution < -0.4 is 15.8 Å². The fourth-order valence-corrected chi connectivity index (χ4v) is 2.56. The maximum atomic E-state index is 11.9. The Bertz CT molecular complexity index is 710. The number of phenols is 1. The largest absolute Gasteiger partial charge is 0.507 e. The van der Waals surface area contributed by atoms with E-state index in [0.29, 0.717) is 11.3 Å². The molecule has 0 saturated carbocycles. The number of anilines is 1. The van der Waals surface area contributed by atoms with E-state index < -0.39 is 11.8 Å². The molecule has 1 heterocycles. The zero-order valence-corrected chi connectivity index (χ0v) is 14.6. The van der Waals surface area contributed by atoms with Crippen LogP contribution in [-0.2, 0) is 9.59 Å². The first-order valence-electron chi connectivity index (χ1n) is 8.20. The summed E-state index contributed by atoms with van der Waals surface area (Å²) in [4.78, 5) is 25.5. The predicted molar refractivity (Wildman–Crippen MR) is 96.8 cm³/mol. The van der Waals surface area contributed by atoms with Crippen molar-refractivity contribution in [3.63, 3.8) is 0 Å². The van der Waals surface area contributed by atoms with Crippen LogP contribution in [0.25, 0.3) is 0 Å². The van der Waals surface area contributed by atoms with Gasteiger partial charge in [-0.15, -0.1) is 0 Å². The van der Waals surface area contributed by atoms with Gasteiger partial charge in [0, 0.05) is 42.5 Å². The van der Waals surface area contributed by atoms with Crippen LogP contribution in [0.4, 0.5) is 5.69 Å². The van der Waals surface area contributed by atoms with Crippen molar-refractivity contribution in [1.29, 1.82) is 0 Å². The molecule has 2 amide bonds. The highest BCUT2D eigenvalue weighted by Crippen LogP contribution is 2.23. The van der Waals surface area contributed by atoms with Gasteiger partial charge in [-0.1, -0.05) is 0 Å². The van der Waals surface area contributed by atoms with Gasteiger partial charge in [-0.3, -0.25) is 9.59 Å². The Morgan fingerprint density at radius 3 is 2.72 bits per heavy atom. The summed E-state index contributed by atoms with van der Waals surface area (Å²) in [5, 5.41) is 17.7. The minimum Gasteiger partial charge on any atom is -0.507 e. The molecule has 25 heavy (non-hydrogen) atoms. The summed E-state index contributed by atoms with van der Waals surface area (Å²) in [6, 6.07) is 5.29. The van der Waals surface area contributed by atoms with Crippen LogP contribution in [-0.4, -0.2) is 41.9 Å². The number of amides is 2. The van der Waals surface area contributed by atoms with Crippen LogP contribution in [0.3, 0.4) is 0 Å².